The van der Waals surface area contributed by atoms with Crippen LogP contribution in [0.3, 0.4) is 0 Å². The van der Waals surface area contributed by atoms with Crippen molar-refractivity contribution in [3.8, 4) is 0 Å². The largest absolute Gasteiger partial charge is 0.454 e. The summed E-state index contributed by atoms with van der Waals surface area (Å²) < 4.78 is 8.95. The number of carbonyl (C=O) groups excluding carboxylic acids is 1. The van der Waals surface area contributed by atoms with Gasteiger partial charge < -0.3 is 4.42 Å². The van der Waals surface area contributed by atoms with E-state index in [1.807, 2.05) is 19.9 Å². The van der Waals surface area contributed by atoms with Crippen molar-refractivity contribution in [1.82, 2.24) is 24.5 Å². The average molecular weight is 480 g/mol. The Morgan fingerprint density at radius 1 is 1.06 bits per heavy atom. The Balaban J connectivity index is 1.40. The lowest BCUT2D eigenvalue weighted by Gasteiger charge is -2.03. The highest BCUT2D eigenvalue weighted by atomic mass is 35.5. The van der Waals surface area contributed by atoms with Gasteiger partial charge >= 0.3 is 0 Å². The summed E-state index contributed by atoms with van der Waals surface area (Å²) in [6.45, 7) is 4.50. The first-order chi connectivity index (χ1) is 14.8. The van der Waals surface area contributed by atoms with Crippen molar-refractivity contribution in [2.45, 2.75) is 26.9 Å². The van der Waals surface area contributed by atoms with Gasteiger partial charge in [-0.15, -0.1) is 5.10 Å². The number of aryl methyl sites for hydroxylation is 1. The number of halogens is 3. The molecule has 0 saturated carbocycles. The Hall–Kier alpha value is -2.81. The van der Waals surface area contributed by atoms with Gasteiger partial charge in [-0.3, -0.25) is 14.8 Å². The zero-order valence-electron chi connectivity index (χ0n) is 16.6. The first-order valence-electron chi connectivity index (χ1n) is 9.23. The van der Waals surface area contributed by atoms with Crippen LogP contribution in [0.5, 0.6) is 0 Å². The number of amides is 1. The molecule has 11 heteroatoms. The van der Waals surface area contributed by atoms with Gasteiger partial charge in [-0.05, 0) is 43.7 Å². The number of anilines is 1. The van der Waals surface area contributed by atoms with Crippen LogP contribution in [0.4, 0.5) is 5.95 Å². The van der Waals surface area contributed by atoms with Crippen molar-refractivity contribution in [2.24, 2.45) is 0 Å². The van der Waals surface area contributed by atoms with E-state index in [1.54, 1.807) is 33.6 Å². The highest BCUT2D eigenvalue weighted by Gasteiger charge is 2.16. The Morgan fingerprint density at radius 2 is 1.87 bits per heavy atom. The van der Waals surface area contributed by atoms with Crippen LogP contribution in [-0.4, -0.2) is 30.5 Å². The van der Waals surface area contributed by atoms with Gasteiger partial charge in [0.05, 0.1) is 39.5 Å². The first kappa shape index (κ1) is 21.4. The molecule has 0 aliphatic heterocycles. The van der Waals surface area contributed by atoms with Crippen LogP contribution in [0, 0.1) is 13.8 Å². The van der Waals surface area contributed by atoms with Crippen molar-refractivity contribution in [2.75, 3.05) is 5.32 Å². The molecule has 31 heavy (non-hydrogen) atoms. The molecule has 4 aromatic rings. The maximum absolute atomic E-state index is 12.5. The molecule has 1 aromatic carbocycles. The third-order valence-corrected chi connectivity index (χ3v) is 5.86. The van der Waals surface area contributed by atoms with Gasteiger partial charge in [0.2, 0.25) is 5.95 Å². The third kappa shape index (κ3) is 4.76. The summed E-state index contributed by atoms with van der Waals surface area (Å²) in [4.78, 5) is 16.6. The van der Waals surface area contributed by atoms with Crippen molar-refractivity contribution in [3.05, 3.63) is 80.2 Å². The molecule has 3 heterocycles. The number of nitrogens with zero attached hydrogens (tertiary/aromatic N) is 5. The quantitative estimate of drug-likeness (QED) is 0.420. The molecule has 0 fully saturated rings. The van der Waals surface area contributed by atoms with Crippen LogP contribution in [0.1, 0.15) is 33.3 Å². The zero-order valence-corrected chi connectivity index (χ0v) is 18.8. The Labute approximate surface area is 192 Å². The molecule has 0 spiro atoms. The zero-order chi connectivity index (χ0) is 22.1. The van der Waals surface area contributed by atoms with Gasteiger partial charge in [-0.2, -0.15) is 5.10 Å². The van der Waals surface area contributed by atoms with Crippen molar-refractivity contribution < 1.29 is 9.21 Å². The minimum atomic E-state index is -0.454. The van der Waals surface area contributed by atoms with Crippen LogP contribution < -0.4 is 5.32 Å². The van der Waals surface area contributed by atoms with Gasteiger partial charge in [0.15, 0.2) is 5.76 Å². The number of rotatable bonds is 6. The molecule has 1 amide bonds. The molecule has 0 aliphatic carbocycles. The molecular formula is C20H17Cl3N6O2. The summed E-state index contributed by atoms with van der Waals surface area (Å²) in [5.74, 6) is 0.423. The molecule has 8 nitrogen and oxygen atoms in total. The Kier molecular flexibility index (Phi) is 6.04. The lowest BCUT2D eigenvalue weighted by molar-refractivity contribution is 0.0993. The van der Waals surface area contributed by atoms with Crippen LogP contribution in [0.15, 0.2) is 41.1 Å². The summed E-state index contributed by atoms with van der Waals surface area (Å²) in [7, 11) is 0. The smallest absolute Gasteiger partial charge is 0.293 e. The highest BCUT2D eigenvalue weighted by molar-refractivity contribution is 6.42. The van der Waals surface area contributed by atoms with E-state index in [9.17, 15) is 4.79 Å². The second-order valence-corrected chi connectivity index (χ2v) is 8.07. The lowest BCUT2D eigenvalue weighted by Crippen LogP contribution is -2.12. The van der Waals surface area contributed by atoms with E-state index in [0.29, 0.717) is 33.9 Å². The van der Waals surface area contributed by atoms with Crippen LogP contribution in [0.25, 0.3) is 0 Å². The molecule has 0 bridgehead atoms. The molecule has 3 aromatic heterocycles. The molecule has 0 aliphatic rings. The van der Waals surface area contributed by atoms with Gasteiger partial charge in [0.25, 0.3) is 5.91 Å². The van der Waals surface area contributed by atoms with E-state index in [4.69, 9.17) is 39.2 Å². The van der Waals surface area contributed by atoms with Crippen LogP contribution >= 0.6 is 34.8 Å². The topological polar surface area (TPSA) is 90.8 Å². The van der Waals surface area contributed by atoms with Gasteiger partial charge in [0, 0.05) is 0 Å². The number of furan rings is 1. The fraction of sp³-hybridized carbons (Fsp3) is 0.200. The normalized spacial score (nSPS) is 11.1. The second kappa shape index (κ2) is 8.74. The Morgan fingerprint density at radius 3 is 2.58 bits per heavy atom. The molecule has 160 valence electrons. The standard InChI is InChI=1S/C20H17Cl3N6O2/c1-11-18(23)12(2)29(26-11)9-14-4-6-17(31-14)19(30)25-20-24-10-28(27-20)8-13-3-5-15(21)16(22)7-13/h3-7,10H,8-9H2,1-2H3,(H,25,27,30). The van der Waals surface area contributed by atoms with E-state index in [2.05, 4.69) is 20.5 Å². The van der Waals surface area contributed by atoms with Crippen molar-refractivity contribution in [1.29, 1.82) is 0 Å². The number of benzene rings is 1. The fourth-order valence-electron chi connectivity index (χ4n) is 2.98. The number of nitrogens with one attached hydrogen (secondary N) is 1. The predicted molar refractivity (Wildman–Crippen MR) is 118 cm³/mol. The Bertz CT molecular complexity index is 1260. The monoisotopic (exact) mass is 478 g/mol. The fourth-order valence-corrected chi connectivity index (χ4v) is 3.43. The number of hydrogen-bond acceptors (Lipinski definition) is 5. The van der Waals surface area contributed by atoms with E-state index in [0.717, 1.165) is 17.0 Å². The van der Waals surface area contributed by atoms with E-state index < -0.39 is 5.91 Å². The predicted octanol–water partition coefficient (Wildman–Crippen LogP) is 4.99. The molecule has 1 N–H and O–H groups in total. The maximum atomic E-state index is 12.5. The summed E-state index contributed by atoms with van der Waals surface area (Å²) in [6.07, 6.45) is 1.51. The van der Waals surface area contributed by atoms with Crippen LogP contribution in [0.2, 0.25) is 15.1 Å². The second-order valence-electron chi connectivity index (χ2n) is 6.88. The van der Waals surface area contributed by atoms with E-state index in [-0.39, 0.29) is 11.7 Å². The average Bonchev–Trinajstić information content (AvgIpc) is 3.43. The minimum Gasteiger partial charge on any atom is -0.454 e. The van der Waals surface area contributed by atoms with Crippen molar-refractivity contribution in [3.63, 3.8) is 0 Å². The van der Waals surface area contributed by atoms with Crippen molar-refractivity contribution >= 4 is 46.7 Å². The molecule has 0 unspecified atom stereocenters. The molecule has 4 rings (SSSR count). The van der Waals surface area contributed by atoms with E-state index >= 15 is 0 Å². The molecule has 0 atom stereocenters. The molecule has 0 saturated heterocycles. The summed E-state index contributed by atoms with van der Waals surface area (Å²) in [5, 5.41) is 12.8. The van der Waals surface area contributed by atoms with Gasteiger partial charge in [-0.25, -0.2) is 9.67 Å². The third-order valence-electron chi connectivity index (χ3n) is 4.57. The number of carbonyl (C=O) groups is 1. The highest BCUT2D eigenvalue weighted by Crippen LogP contribution is 2.23. The molecule has 0 radical (unpaired) electrons. The van der Waals surface area contributed by atoms with Gasteiger partial charge in [-0.1, -0.05) is 40.9 Å². The number of hydrogen-bond donors (Lipinski definition) is 1. The molecular weight excluding hydrogens is 463 g/mol. The summed E-state index contributed by atoms with van der Waals surface area (Å²) in [5.41, 5.74) is 2.47. The SMILES string of the molecule is Cc1nn(Cc2ccc(C(=O)Nc3ncn(Cc4ccc(Cl)c(Cl)c4)n3)o2)c(C)c1Cl. The first-order valence-corrected chi connectivity index (χ1v) is 10.4. The van der Waals surface area contributed by atoms with Gasteiger partial charge in [0.1, 0.15) is 12.1 Å². The minimum absolute atomic E-state index is 0.142. The van der Waals surface area contributed by atoms with E-state index in [1.165, 1.54) is 6.33 Å². The summed E-state index contributed by atoms with van der Waals surface area (Å²) in [6, 6.07) is 8.62. The summed E-state index contributed by atoms with van der Waals surface area (Å²) >= 11 is 18.1. The maximum Gasteiger partial charge on any atom is 0.293 e. The lowest BCUT2D eigenvalue weighted by atomic mass is 10.2. The number of aromatic nitrogens is 5. The van der Waals surface area contributed by atoms with Crippen LogP contribution in [-0.2, 0) is 13.1 Å².